The first kappa shape index (κ1) is 16.6. The number of rotatable bonds is 4. The lowest BCUT2D eigenvalue weighted by molar-refractivity contribution is -0.131. The number of hydrogen-bond acceptors (Lipinski definition) is 2. The quantitative estimate of drug-likeness (QED) is 0.891. The van der Waals surface area contributed by atoms with Crippen LogP contribution < -0.4 is 5.32 Å². The molecule has 1 rings (SSSR count). The number of benzene rings is 1. The van der Waals surface area contributed by atoms with Crippen molar-refractivity contribution in [3.05, 3.63) is 35.4 Å². The van der Waals surface area contributed by atoms with Crippen molar-refractivity contribution in [1.82, 2.24) is 5.32 Å². The van der Waals surface area contributed by atoms with Gasteiger partial charge in [-0.25, -0.2) is 4.39 Å². The Kier molecular flexibility index (Phi) is 4.92. The summed E-state index contributed by atoms with van der Waals surface area (Å²) >= 11 is 0. The Hall–Kier alpha value is -1.42. The van der Waals surface area contributed by atoms with E-state index in [0.717, 1.165) is 0 Å². The Morgan fingerprint density at radius 3 is 2.10 bits per heavy atom. The lowest BCUT2D eigenvalue weighted by atomic mass is 9.86. The van der Waals surface area contributed by atoms with Gasteiger partial charge in [0, 0.05) is 6.54 Å². The molecule has 0 aliphatic rings. The van der Waals surface area contributed by atoms with Gasteiger partial charge < -0.3 is 10.4 Å². The van der Waals surface area contributed by atoms with Gasteiger partial charge in [0.05, 0.1) is 6.10 Å². The van der Waals surface area contributed by atoms with Crippen LogP contribution in [0.2, 0.25) is 0 Å². The second kappa shape index (κ2) is 5.92. The molecule has 0 fully saturated rings. The van der Waals surface area contributed by atoms with Crippen LogP contribution in [0.15, 0.2) is 24.3 Å². The first-order valence-corrected chi connectivity index (χ1v) is 6.77. The van der Waals surface area contributed by atoms with E-state index < -0.39 is 17.7 Å². The van der Waals surface area contributed by atoms with Crippen molar-refractivity contribution in [3.63, 3.8) is 0 Å². The highest BCUT2D eigenvalue weighted by Crippen LogP contribution is 2.23. The highest BCUT2D eigenvalue weighted by Gasteiger charge is 2.26. The van der Waals surface area contributed by atoms with E-state index in [4.69, 9.17) is 0 Å². The highest BCUT2D eigenvalue weighted by atomic mass is 19.1. The Morgan fingerprint density at radius 1 is 1.20 bits per heavy atom. The van der Waals surface area contributed by atoms with Gasteiger partial charge in [-0.3, -0.25) is 4.79 Å². The summed E-state index contributed by atoms with van der Waals surface area (Å²) in [7, 11) is 0. The van der Waals surface area contributed by atoms with Crippen molar-refractivity contribution in [1.29, 1.82) is 0 Å². The van der Waals surface area contributed by atoms with Gasteiger partial charge in [0.1, 0.15) is 0 Å². The van der Waals surface area contributed by atoms with E-state index in [-0.39, 0.29) is 12.0 Å². The smallest absolute Gasteiger partial charge is 0.257 e. The lowest BCUT2D eigenvalue weighted by Crippen LogP contribution is -2.40. The Balaban J connectivity index is 2.65. The largest absolute Gasteiger partial charge is 0.387 e. The third-order valence-corrected chi connectivity index (χ3v) is 3.16. The number of carbonyl (C=O) groups is 1. The third-order valence-electron chi connectivity index (χ3n) is 3.16. The fourth-order valence-corrected chi connectivity index (χ4v) is 1.72. The molecule has 4 heteroatoms. The molecule has 0 heterocycles. The molecule has 1 aromatic carbocycles. The maximum absolute atomic E-state index is 13.3. The molecule has 0 radical (unpaired) electrons. The fraction of sp³-hybridized carbons (Fsp3) is 0.562. The maximum atomic E-state index is 13.3. The maximum Gasteiger partial charge on any atom is 0.257 e. The number of halogens is 1. The van der Waals surface area contributed by atoms with Gasteiger partial charge in [0.25, 0.3) is 5.91 Å². The molecule has 1 atom stereocenters. The summed E-state index contributed by atoms with van der Waals surface area (Å²) in [5.74, 6) is -0.720. The minimum absolute atomic E-state index is 0.00104. The summed E-state index contributed by atoms with van der Waals surface area (Å²) in [6.45, 7) is 8.71. The van der Waals surface area contributed by atoms with Crippen LogP contribution in [0.3, 0.4) is 0 Å². The normalized spacial score (nSPS) is 13.9. The summed E-state index contributed by atoms with van der Waals surface area (Å²) in [5.41, 5.74) is -0.0106. The first-order chi connectivity index (χ1) is 9.01. The zero-order chi connectivity index (χ0) is 15.6. The van der Waals surface area contributed by atoms with Crippen LogP contribution in [0.25, 0.3) is 0 Å². The predicted octanol–water partition coefficient (Wildman–Crippen LogP) is 2.88. The van der Waals surface area contributed by atoms with Crippen molar-refractivity contribution >= 4 is 5.91 Å². The molecule has 0 aliphatic heterocycles. The Morgan fingerprint density at radius 2 is 1.70 bits per heavy atom. The second-order valence-corrected chi connectivity index (χ2v) is 6.57. The molecule has 2 N–H and O–H groups in total. The summed E-state index contributed by atoms with van der Waals surface area (Å²) in [5, 5.41) is 12.4. The minimum Gasteiger partial charge on any atom is -0.387 e. The minimum atomic E-state index is -1.93. The number of aliphatic hydroxyl groups is 1. The molecule has 0 saturated carbocycles. The van der Waals surface area contributed by atoms with E-state index in [2.05, 4.69) is 26.1 Å². The molecule has 1 aromatic rings. The van der Waals surface area contributed by atoms with E-state index in [1.807, 2.05) is 24.3 Å². The van der Waals surface area contributed by atoms with E-state index in [9.17, 15) is 14.3 Å². The molecule has 0 aliphatic carbocycles. The molecule has 1 unspecified atom stereocenters. The van der Waals surface area contributed by atoms with E-state index >= 15 is 0 Å². The standard InChI is InChI=1S/C16H24FNO2/c1-15(2,3)12-8-6-11(7-9-12)13(19)10-18-14(20)16(4,5)17/h6-9,13,19H,10H2,1-5H3,(H,18,20). The zero-order valence-corrected chi connectivity index (χ0v) is 12.8. The van der Waals surface area contributed by atoms with Crippen LogP contribution in [0.1, 0.15) is 51.8 Å². The van der Waals surface area contributed by atoms with Gasteiger partial charge in [-0.15, -0.1) is 0 Å². The van der Waals surface area contributed by atoms with Gasteiger partial charge in [0.15, 0.2) is 5.67 Å². The summed E-state index contributed by atoms with van der Waals surface area (Å²) in [6.07, 6.45) is -0.838. The molecular formula is C16H24FNO2. The molecule has 0 spiro atoms. The monoisotopic (exact) mass is 281 g/mol. The molecule has 0 aromatic heterocycles. The summed E-state index contributed by atoms with van der Waals surface area (Å²) in [4.78, 5) is 11.4. The van der Waals surface area contributed by atoms with Crippen LogP contribution in [0.4, 0.5) is 4.39 Å². The van der Waals surface area contributed by atoms with Crippen molar-refractivity contribution in [2.45, 2.75) is 51.8 Å². The van der Waals surface area contributed by atoms with Gasteiger partial charge in [-0.1, -0.05) is 45.0 Å². The van der Waals surface area contributed by atoms with Crippen molar-refractivity contribution in [3.8, 4) is 0 Å². The zero-order valence-electron chi connectivity index (χ0n) is 12.8. The fourth-order valence-electron chi connectivity index (χ4n) is 1.72. The number of carbonyl (C=O) groups excluding carboxylic acids is 1. The summed E-state index contributed by atoms with van der Waals surface area (Å²) in [6, 6.07) is 7.58. The number of hydrogen-bond donors (Lipinski definition) is 2. The number of aliphatic hydroxyl groups excluding tert-OH is 1. The van der Waals surface area contributed by atoms with Crippen LogP contribution in [0.5, 0.6) is 0 Å². The van der Waals surface area contributed by atoms with Gasteiger partial charge >= 0.3 is 0 Å². The van der Waals surface area contributed by atoms with E-state index in [0.29, 0.717) is 5.56 Å². The molecule has 20 heavy (non-hydrogen) atoms. The molecule has 0 saturated heterocycles. The SMILES string of the molecule is CC(C)(F)C(=O)NCC(O)c1ccc(C(C)(C)C)cc1. The molecule has 112 valence electrons. The topological polar surface area (TPSA) is 49.3 Å². The highest BCUT2D eigenvalue weighted by molar-refractivity contribution is 5.84. The van der Waals surface area contributed by atoms with E-state index in [1.54, 1.807) is 0 Å². The van der Waals surface area contributed by atoms with Gasteiger partial charge in [0.2, 0.25) is 0 Å². The number of alkyl halides is 1. The van der Waals surface area contributed by atoms with Gasteiger partial charge in [-0.2, -0.15) is 0 Å². The average molecular weight is 281 g/mol. The average Bonchev–Trinajstić information content (AvgIpc) is 2.33. The van der Waals surface area contributed by atoms with Crippen molar-refractivity contribution in [2.75, 3.05) is 6.54 Å². The number of nitrogens with one attached hydrogen (secondary N) is 1. The Labute approximate surface area is 120 Å². The summed E-state index contributed by atoms with van der Waals surface area (Å²) < 4.78 is 13.3. The van der Waals surface area contributed by atoms with Crippen molar-refractivity contribution < 1.29 is 14.3 Å². The molecule has 0 bridgehead atoms. The van der Waals surface area contributed by atoms with Gasteiger partial charge in [-0.05, 0) is 30.4 Å². The third kappa shape index (κ3) is 4.60. The Bertz CT molecular complexity index is 455. The number of amides is 1. The predicted molar refractivity (Wildman–Crippen MR) is 78.3 cm³/mol. The van der Waals surface area contributed by atoms with Crippen molar-refractivity contribution in [2.24, 2.45) is 0 Å². The van der Waals surface area contributed by atoms with Crippen LogP contribution in [0, 0.1) is 0 Å². The lowest BCUT2D eigenvalue weighted by Gasteiger charge is -2.20. The van der Waals surface area contributed by atoms with Crippen LogP contribution >= 0.6 is 0 Å². The molecule has 3 nitrogen and oxygen atoms in total. The van der Waals surface area contributed by atoms with Crippen LogP contribution in [-0.2, 0) is 10.2 Å². The molecular weight excluding hydrogens is 257 g/mol. The van der Waals surface area contributed by atoms with E-state index in [1.165, 1.54) is 19.4 Å². The first-order valence-electron chi connectivity index (χ1n) is 6.77. The van der Waals surface area contributed by atoms with Crippen LogP contribution in [-0.4, -0.2) is 23.2 Å². The molecule has 1 amide bonds. The second-order valence-electron chi connectivity index (χ2n) is 6.57.